The monoisotopic (exact) mass is 1060 g/mol. The van der Waals surface area contributed by atoms with E-state index in [0.29, 0.717) is 31.6 Å². The molecule has 14 N–H and O–H groups in total. The Bertz CT molecular complexity index is 2520. The van der Waals surface area contributed by atoms with Gasteiger partial charge in [0.15, 0.2) is 0 Å². The fraction of sp³-hybridized carbons (Fsp3) is 0.519. The third-order valence-corrected chi connectivity index (χ3v) is 13.3. The molecule has 3 aromatic rings. The van der Waals surface area contributed by atoms with Crippen molar-refractivity contribution in [1.29, 1.82) is 0 Å². The minimum absolute atomic E-state index is 0.0128. The summed E-state index contributed by atoms with van der Waals surface area (Å²) < 4.78 is 7.79. The molecule has 22 heteroatoms. The van der Waals surface area contributed by atoms with Crippen LogP contribution in [0.5, 0.6) is 0 Å². The van der Waals surface area contributed by atoms with Crippen LogP contribution in [0.3, 0.4) is 0 Å². The number of primary amides is 1. The maximum atomic E-state index is 13.8. The molecule has 1 saturated carbocycles. The molecule has 4 rings (SSSR count). The van der Waals surface area contributed by atoms with Crippen LogP contribution in [0.15, 0.2) is 66.7 Å². The molecular weight excluding hydrogens is 983 g/mol. The van der Waals surface area contributed by atoms with Gasteiger partial charge in [0, 0.05) is 38.4 Å². The van der Waals surface area contributed by atoms with E-state index in [-0.39, 0.29) is 63.6 Å². The maximum Gasteiger partial charge on any atom is 0.326 e. The van der Waals surface area contributed by atoms with E-state index in [4.69, 9.17) is 12.3 Å². The molecule has 6 atom stereocenters. The molecule has 1 fully saturated rings. The van der Waals surface area contributed by atoms with Crippen molar-refractivity contribution in [3.05, 3.63) is 83.4 Å². The van der Waals surface area contributed by atoms with E-state index in [1.54, 1.807) is 6.92 Å². The van der Waals surface area contributed by atoms with Crippen molar-refractivity contribution in [3.8, 4) is 0 Å². The second kappa shape index (κ2) is 30.7. The normalized spacial score (nSPS) is 16.8. The topological polar surface area (TPSA) is 368 Å². The Morgan fingerprint density at radius 3 is 1.86 bits per heavy atom. The molecule has 414 valence electrons. The number of nitrogens with one attached hydrogen (secondary N) is 7. The Hall–Kier alpha value is -7.62. The fourth-order valence-electron chi connectivity index (χ4n) is 8.91. The third-order valence-electron chi connectivity index (χ3n) is 13.3. The number of carboxylic acid groups (broad SMARTS) is 3. The van der Waals surface area contributed by atoms with Gasteiger partial charge in [-0.3, -0.25) is 33.6 Å². The number of hydrogen-bond acceptors (Lipinski definition) is 11. The lowest BCUT2D eigenvalue weighted by atomic mass is 9.81. The van der Waals surface area contributed by atoms with E-state index in [9.17, 15) is 58.2 Å². The summed E-state index contributed by atoms with van der Waals surface area (Å²) in [6, 6.07) is 13.8. The van der Waals surface area contributed by atoms with Crippen molar-refractivity contribution in [1.82, 2.24) is 37.2 Å². The third kappa shape index (κ3) is 20.9. The van der Waals surface area contributed by atoms with E-state index in [1.165, 1.54) is 0 Å². The molecule has 1 aliphatic carbocycles. The number of aliphatic carboxylic acids is 3. The first-order valence-electron chi connectivity index (χ1n) is 26.3. The molecule has 0 bridgehead atoms. The smallest absolute Gasteiger partial charge is 0.326 e. The summed E-state index contributed by atoms with van der Waals surface area (Å²) in [4.78, 5) is 126. The zero-order valence-electron chi connectivity index (χ0n) is 44.4. The number of hydrogen-bond donors (Lipinski definition) is 12. The summed E-state index contributed by atoms with van der Waals surface area (Å²) >= 11 is 0. The highest BCUT2D eigenvalue weighted by Gasteiger charge is 2.31. The first-order chi connectivity index (χ1) is 36.6. The van der Waals surface area contributed by atoms with E-state index in [0.717, 1.165) is 33.9 Å². The molecule has 76 heavy (non-hydrogen) atoms. The van der Waals surface area contributed by atoms with Crippen LogP contribution < -0.4 is 48.7 Å². The van der Waals surface area contributed by atoms with Crippen LogP contribution in [0.4, 0.5) is 4.79 Å². The van der Waals surface area contributed by atoms with Gasteiger partial charge in [0.1, 0.15) is 25.6 Å². The summed E-state index contributed by atoms with van der Waals surface area (Å²) in [6.45, 7) is 6.23. The lowest BCUT2D eigenvalue weighted by Crippen LogP contribution is -2.51. The number of carbonyl (C=O) groups excluding carboxylic acids is 7. The molecule has 0 aliphatic heterocycles. The van der Waals surface area contributed by atoms with Gasteiger partial charge in [-0.1, -0.05) is 80.6 Å². The molecule has 0 aromatic heterocycles. The van der Waals surface area contributed by atoms with Crippen LogP contribution in [-0.4, -0.2) is 125 Å². The fourth-order valence-corrected chi connectivity index (χ4v) is 8.91. The largest absolute Gasteiger partial charge is 0.481 e. The van der Waals surface area contributed by atoms with Gasteiger partial charge >= 0.3 is 23.9 Å². The summed E-state index contributed by atoms with van der Waals surface area (Å²) in [5.41, 5.74) is 10.3. The van der Waals surface area contributed by atoms with E-state index >= 15 is 0 Å². The molecule has 0 spiro atoms. The van der Waals surface area contributed by atoms with Crippen LogP contribution in [0.25, 0.3) is 10.8 Å². The predicted octanol–water partition coefficient (Wildman–Crippen LogP) is 2.34. The van der Waals surface area contributed by atoms with Gasteiger partial charge < -0.3 is 64.0 Å². The summed E-state index contributed by atoms with van der Waals surface area (Å²) in [5.74, 6) is -7.88. The van der Waals surface area contributed by atoms with E-state index < -0.39 is 115 Å². The molecule has 0 saturated heterocycles. The molecule has 0 heterocycles. The molecule has 0 radical (unpaired) electrons. The van der Waals surface area contributed by atoms with E-state index in [2.05, 4.69) is 56.8 Å². The lowest BCUT2D eigenvalue weighted by molar-refractivity contribution is -0.141. The maximum absolute atomic E-state index is 13.8. The first kappa shape index (κ1) is 59.3. The van der Waals surface area contributed by atoms with Crippen molar-refractivity contribution in [3.63, 3.8) is 0 Å². The quantitative estimate of drug-likeness (QED) is 0.0400. The number of unbranched alkanes of at least 4 members (excludes halogenated alkanes) is 1. The van der Waals surface area contributed by atoms with Gasteiger partial charge in [0.2, 0.25) is 35.4 Å². The Morgan fingerprint density at radius 1 is 0.618 bits per heavy atom. The number of nitrogens with two attached hydrogens (primary N) is 2. The van der Waals surface area contributed by atoms with Crippen molar-refractivity contribution in [2.75, 3.05) is 19.6 Å². The summed E-state index contributed by atoms with van der Waals surface area (Å²) in [5, 5.41) is 48.0. The standard InChI is InChI=1S/C54H75N9O13/c1-31(2)26-33-11-16-36(17-12-33)32(3)47(67)60-44(29-45(56)64)51(71)58-25-23-40(55)49(69)59-30-34-13-19-38(20-14-34)48(68)61-43(28-35-15-18-37-8-4-5-9-39(37)27-35)50(70)57-24-7-6-10-41(52(72)73)62-54(76)63-42(53(74)75)21-22-46(65)66/h4-5,8-9,11-12,15-18,27,31-32,34,38,40-44H,6-7,10,13-14,19-26,28-30,55H2,1-3H3,(H2,56,64)(H,57,70)(H,58,71)(H,59,69)(H,60,67)(H,61,68)(H,65,66)(H,72,73)(H,74,75)(H2,62,63,76)/i/hD. The number of fused-ring (bicyclic) bond motifs is 1. The number of benzene rings is 3. The zero-order valence-corrected chi connectivity index (χ0v) is 43.4. The first-order valence-corrected chi connectivity index (χ1v) is 25.8. The molecule has 6 unspecified atom stereocenters. The van der Waals surface area contributed by atoms with Crippen molar-refractivity contribution in [2.45, 2.75) is 140 Å². The second-order valence-electron chi connectivity index (χ2n) is 20.0. The van der Waals surface area contributed by atoms with Gasteiger partial charge in [-0.05, 0) is 110 Å². The van der Waals surface area contributed by atoms with Crippen molar-refractivity contribution >= 4 is 70.2 Å². The second-order valence-corrected chi connectivity index (χ2v) is 20.0. The predicted molar refractivity (Wildman–Crippen MR) is 281 cm³/mol. The molecule has 22 nitrogen and oxygen atoms in total. The highest BCUT2D eigenvalue weighted by Crippen LogP contribution is 2.29. The minimum Gasteiger partial charge on any atom is -0.481 e. The average Bonchev–Trinajstić information content (AvgIpc) is 3.38. The lowest BCUT2D eigenvalue weighted by Gasteiger charge is -2.29. The van der Waals surface area contributed by atoms with Crippen LogP contribution in [-0.2, 0) is 56.0 Å². The van der Waals surface area contributed by atoms with Crippen molar-refractivity contribution in [2.24, 2.45) is 29.2 Å². The van der Waals surface area contributed by atoms with Crippen LogP contribution in [0, 0.1) is 17.8 Å². The summed E-state index contributed by atoms with van der Waals surface area (Å²) in [6.07, 6.45) is 2.25. The van der Waals surface area contributed by atoms with Gasteiger partial charge in [-0.2, -0.15) is 0 Å². The number of carbonyl (C=O) groups is 10. The SMILES string of the molecule is [2H]NC(CCNC(=O)C(CC(N)=O)NC(=O)C(C)c1ccc(CC(C)C)cc1)C(=O)NCC1CCC(C(=O)NC(Cc2ccc3ccccc3c2)C(=O)NCCCCC(NC(=O)NC(CCC(=O)O)C(=O)O)C(=O)O)CC1. The zero-order chi connectivity index (χ0) is 56.6. The van der Waals surface area contributed by atoms with Gasteiger partial charge in [0.05, 0.1) is 18.4 Å². The van der Waals surface area contributed by atoms with Gasteiger partial charge in [0.25, 0.3) is 0 Å². The van der Waals surface area contributed by atoms with Gasteiger partial charge in [-0.15, -0.1) is 0 Å². The highest BCUT2D eigenvalue weighted by molar-refractivity contribution is 5.94. The Morgan fingerprint density at radius 2 is 1.24 bits per heavy atom. The molecular formula is C54H75N9O13. The molecule has 8 amide bonds. The summed E-state index contributed by atoms with van der Waals surface area (Å²) in [7, 11) is 0. The average molecular weight is 1060 g/mol. The van der Waals surface area contributed by atoms with Crippen molar-refractivity contribution < 1.29 is 64.7 Å². The molecule has 3 aromatic carbocycles. The Labute approximate surface area is 443 Å². The van der Waals surface area contributed by atoms with Crippen LogP contribution in [0.2, 0.25) is 1.41 Å². The van der Waals surface area contributed by atoms with E-state index in [1.807, 2.05) is 66.7 Å². The number of rotatable bonds is 32. The van der Waals surface area contributed by atoms with Crippen LogP contribution >= 0.6 is 0 Å². The molecule has 1 aliphatic rings. The minimum atomic E-state index is -1.55. The highest BCUT2D eigenvalue weighted by atomic mass is 16.4. The van der Waals surface area contributed by atoms with Crippen LogP contribution in [0.1, 0.15) is 114 Å². The Balaban J connectivity index is 1.25. The number of carboxylic acids is 3. The number of amides is 8. The Kier molecular flexibility index (Phi) is 23.9. The van der Waals surface area contributed by atoms with Gasteiger partial charge in [-0.25, -0.2) is 14.4 Å². The number of urea groups is 1.